The molecule has 2 atom stereocenters. The van der Waals surface area contributed by atoms with Gasteiger partial charge >= 0.3 is 7.12 Å². The van der Waals surface area contributed by atoms with E-state index in [0.29, 0.717) is 11.7 Å². The van der Waals surface area contributed by atoms with Crippen molar-refractivity contribution in [2.75, 3.05) is 10.6 Å². The molecule has 1 aliphatic heterocycles. The number of aromatic nitrogens is 2. The summed E-state index contributed by atoms with van der Waals surface area (Å²) in [4.78, 5) is 8.95. The second kappa shape index (κ2) is 7.29. The lowest BCUT2D eigenvalue weighted by atomic mass is 9.86. The Morgan fingerprint density at radius 3 is 3.11 bits per heavy atom. The molecule has 8 heteroatoms. The monoisotopic (exact) mass is 361 g/mol. The predicted octanol–water partition coefficient (Wildman–Crippen LogP) is 3.06. The highest BCUT2D eigenvalue weighted by Gasteiger charge is 2.27. The van der Waals surface area contributed by atoms with Crippen LogP contribution in [0.3, 0.4) is 0 Å². The molecule has 0 bridgehead atoms. The smallest absolute Gasteiger partial charge is 0.532 e. The van der Waals surface area contributed by atoms with Gasteiger partial charge in [0.15, 0.2) is 0 Å². The Balaban J connectivity index is 1.52. The van der Waals surface area contributed by atoms with Crippen LogP contribution in [0.15, 0.2) is 30.4 Å². The van der Waals surface area contributed by atoms with Gasteiger partial charge in [0.05, 0.1) is 12.0 Å². The van der Waals surface area contributed by atoms with Crippen LogP contribution in [0, 0.1) is 24.2 Å². The van der Waals surface area contributed by atoms with Crippen molar-refractivity contribution in [3.05, 3.63) is 41.5 Å². The molecule has 0 amide bonds. The number of nitrogens with zero attached hydrogens (tertiary/aromatic N) is 3. The Morgan fingerprint density at radius 2 is 2.26 bits per heavy atom. The largest absolute Gasteiger partial charge is 0.552 e. The van der Waals surface area contributed by atoms with Crippen molar-refractivity contribution in [1.29, 1.82) is 5.26 Å². The Kier molecular flexibility index (Phi) is 4.69. The van der Waals surface area contributed by atoms with Gasteiger partial charge in [-0.25, -0.2) is 4.98 Å². The highest BCUT2D eigenvalue weighted by molar-refractivity contribution is 6.51. The molecule has 1 saturated carbocycles. The number of benzene rings is 1. The van der Waals surface area contributed by atoms with Crippen LogP contribution in [0.2, 0.25) is 0 Å². The second-order valence-electron chi connectivity index (χ2n) is 6.89. The summed E-state index contributed by atoms with van der Waals surface area (Å²) in [6.07, 6.45) is 6.56. The average Bonchev–Trinajstić information content (AvgIpc) is 3.12. The summed E-state index contributed by atoms with van der Waals surface area (Å²) >= 11 is 0. The van der Waals surface area contributed by atoms with Crippen molar-refractivity contribution >= 4 is 30.6 Å². The van der Waals surface area contributed by atoms with E-state index >= 15 is 0 Å². The standard InChI is InChI=1S/C19H20BN5O2/c1-12-11-22-19(25-18(12)24-16-4-2-3-14(16)10-21)23-15-5-6-17-13(9-15)7-8-20(26)27-17/h5-9,11,14,16,26H,2-4H2,1H3,(H2,22,23,24,25)/t14-,16+/m0/s1. The lowest BCUT2D eigenvalue weighted by Crippen LogP contribution is -2.24. The number of nitriles is 1. The van der Waals surface area contributed by atoms with E-state index in [1.165, 1.54) is 0 Å². The molecular formula is C19H20BN5O2. The SMILES string of the molecule is Cc1cnc(Nc2ccc3c(c2)C=CB(O)O3)nc1N[C@@H]1CCC[C@H]1C#N. The van der Waals surface area contributed by atoms with Gasteiger partial charge in [0.2, 0.25) is 5.95 Å². The summed E-state index contributed by atoms with van der Waals surface area (Å²) in [5.74, 6) is 3.48. The molecule has 2 aliphatic rings. The molecule has 2 heterocycles. The third-order valence-corrected chi connectivity index (χ3v) is 4.93. The van der Waals surface area contributed by atoms with Gasteiger partial charge in [-0.1, -0.05) is 6.08 Å². The van der Waals surface area contributed by atoms with Crippen molar-refractivity contribution in [2.45, 2.75) is 32.2 Å². The van der Waals surface area contributed by atoms with Gasteiger partial charge < -0.3 is 20.3 Å². The van der Waals surface area contributed by atoms with Crippen molar-refractivity contribution in [2.24, 2.45) is 5.92 Å². The number of hydrogen-bond acceptors (Lipinski definition) is 7. The van der Waals surface area contributed by atoms with E-state index in [4.69, 9.17) is 4.65 Å². The molecule has 1 fully saturated rings. The fraction of sp³-hybridized carbons (Fsp3) is 0.316. The zero-order chi connectivity index (χ0) is 18.8. The molecule has 3 N–H and O–H groups in total. The lowest BCUT2D eigenvalue weighted by molar-refractivity contribution is 0.428. The molecule has 27 heavy (non-hydrogen) atoms. The summed E-state index contributed by atoms with van der Waals surface area (Å²) < 4.78 is 5.34. The molecule has 0 unspecified atom stereocenters. The van der Waals surface area contributed by atoms with Gasteiger partial charge in [-0.05, 0) is 50.4 Å². The van der Waals surface area contributed by atoms with Gasteiger partial charge in [-0.2, -0.15) is 10.2 Å². The third-order valence-electron chi connectivity index (χ3n) is 4.93. The predicted molar refractivity (Wildman–Crippen MR) is 104 cm³/mol. The molecular weight excluding hydrogens is 341 g/mol. The van der Waals surface area contributed by atoms with Crippen LogP contribution in [-0.4, -0.2) is 28.2 Å². The number of rotatable bonds is 4. The summed E-state index contributed by atoms with van der Waals surface area (Å²) in [6.45, 7) is 1.95. The first-order valence-corrected chi connectivity index (χ1v) is 9.06. The van der Waals surface area contributed by atoms with Gasteiger partial charge in [0.25, 0.3) is 0 Å². The lowest BCUT2D eigenvalue weighted by Gasteiger charge is -2.19. The van der Waals surface area contributed by atoms with Crippen LogP contribution < -0.4 is 15.3 Å². The molecule has 1 aromatic carbocycles. The first-order valence-electron chi connectivity index (χ1n) is 9.06. The van der Waals surface area contributed by atoms with Crippen LogP contribution in [0.5, 0.6) is 5.75 Å². The molecule has 7 nitrogen and oxygen atoms in total. The van der Waals surface area contributed by atoms with Gasteiger partial charge in [-0.15, -0.1) is 0 Å². The summed E-state index contributed by atoms with van der Waals surface area (Å²) in [5.41, 5.74) is 2.64. The van der Waals surface area contributed by atoms with Crippen LogP contribution in [0.1, 0.15) is 30.4 Å². The summed E-state index contributed by atoms with van der Waals surface area (Å²) in [6, 6.07) is 8.08. The van der Waals surface area contributed by atoms with Gasteiger partial charge in [-0.3, -0.25) is 0 Å². The molecule has 136 valence electrons. The molecule has 1 aliphatic carbocycles. The average molecular weight is 361 g/mol. The maximum absolute atomic E-state index is 9.50. The quantitative estimate of drug-likeness (QED) is 0.719. The van der Waals surface area contributed by atoms with E-state index in [0.717, 1.165) is 41.9 Å². The van der Waals surface area contributed by atoms with E-state index < -0.39 is 7.12 Å². The third kappa shape index (κ3) is 3.73. The van der Waals surface area contributed by atoms with Crippen LogP contribution in [-0.2, 0) is 0 Å². The Morgan fingerprint density at radius 1 is 1.37 bits per heavy atom. The van der Waals surface area contributed by atoms with E-state index in [1.807, 2.05) is 25.1 Å². The Bertz CT molecular complexity index is 927. The minimum absolute atomic E-state index is 0.0264. The zero-order valence-corrected chi connectivity index (χ0v) is 15.0. The number of hydrogen-bond donors (Lipinski definition) is 3. The minimum atomic E-state index is -0.904. The van der Waals surface area contributed by atoms with E-state index in [-0.39, 0.29) is 12.0 Å². The minimum Gasteiger partial charge on any atom is -0.532 e. The fourth-order valence-corrected chi connectivity index (χ4v) is 3.46. The Hall–Kier alpha value is -3.05. The first kappa shape index (κ1) is 17.4. The number of aryl methyl sites for hydroxylation is 1. The van der Waals surface area contributed by atoms with Crippen molar-refractivity contribution in [1.82, 2.24) is 9.97 Å². The zero-order valence-electron chi connectivity index (χ0n) is 15.0. The van der Waals surface area contributed by atoms with Crippen LogP contribution >= 0.6 is 0 Å². The van der Waals surface area contributed by atoms with Gasteiger partial charge in [0.1, 0.15) is 11.6 Å². The summed E-state index contributed by atoms with van der Waals surface area (Å²) in [7, 11) is -0.904. The Labute approximate surface area is 158 Å². The molecule has 2 aromatic rings. The molecule has 0 radical (unpaired) electrons. The fourth-order valence-electron chi connectivity index (χ4n) is 3.46. The molecule has 0 spiro atoms. The second-order valence-corrected chi connectivity index (χ2v) is 6.89. The first-order chi connectivity index (χ1) is 13.1. The molecule has 1 aromatic heterocycles. The maximum atomic E-state index is 9.50. The normalized spacial score (nSPS) is 20.6. The van der Waals surface area contributed by atoms with Crippen LogP contribution in [0.4, 0.5) is 17.5 Å². The topological polar surface area (TPSA) is 103 Å². The highest BCUT2D eigenvalue weighted by atomic mass is 16.5. The number of nitrogens with one attached hydrogen (secondary N) is 2. The van der Waals surface area contributed by atoms with Crippen molar-refractivity contribution < 1.29 is 9.68 Å². The highest BCUT2D eigenvalue weighted by Crippen LogP contribution is 2.30. The van der Waals surface area contributed by atoms with Crippen molar-refractivity contribution in [3.63, 3.8) is 0 Å². The molecule has 0 saturated heterocycles. The van der Waals surface area contributed by atoms with E-state index in [9.17, 15) is 10.3 Å². The maximum Gasteiger partial charge on any atom is 0.552 e. The number of fused-ring (bicyclic) bond motifs is 1. The summed E-state index contributed by atoms with van der Waals surface area (Å²) in [5, 5.41) is 25.4. The van der Waals surface area contributed by atoms with Gasteiger partial charge in [0, 0.05) is 29.1 Å². The number of anilines is 3. The van der Waals surface area contributed by atoms with Crippen molar-refractivity contribution in [3.8, 4) is 11.8 Å². The van der Waals surface area contributed by atoms with E-state index in [2.05, 4.69) is 26.7 Å². The molecule has 4 rings (SSSR count). The van der Waals surface area contributed by atoms with E-state index in [1.54, 1.807) is 18.2 Å². The van der Waals surface area contributed by atoms with Crippen LogP contribution in [0.25, 0.3) is 6.08 Å².